The van der Waals surface area contributed by atoms with Gasteiger partial charge in [-0.05, 0) is 49.2 Å². The molecule has 0 unspecified atom stereocenters. The first-order valence-electron chi connectivity index (χ1n) is 9.73. The number of likely N-dealkylation sites (tertiary alicyclic amines) is 1. The maximum Gasteiger partial charge on any atom is 0.269 e. The fourth-order valence-electron chi connectivity index (χ4n) is 3.81. The number of piperidine rings is 1. The van der Waals surface area contributed by atoms with Crippen molar-refractivity contribution in [1.82, 2.24) is 24.6 Å². The highest BCUT2D eigenvalue weighted by Gasteiger charge is 2.24. The Bertz CT molecular complexity index is 1040. The van der Waals surface area contributed by atoms with Gasteiger partial charge in [0, 0.05) is 43.0 Å². The summed E-state index contributed by atoms with van der Waals surface area (Å²) in [5.74, 6) is 0.390. The molecule has 1 aliphatic heterocycles. The molecule has 1 aliphatic rings. The van der Waals surface area contributed by atoms with Crippen LogP contribution >= 0.6 is 0 Å². The van der Waals surface area contributed by atoms with E-state index >= 15 is 0 Å². The average molecular weight is 391 g/mol. The van der Waals surface area contributed by atoms with Crippen molar-refractivity contribution < 1.29 is 4.79 Å². The van der Waals surface area contributed by atoms with Crippen molar-refractivity contribution in [2.45, 2.75) is 19.4 Å². The van der Waals surface area contributed by atoms with Crippen LogP contribution in [0.15, 0.2) is 61.0 Å². The van der Waals surface area contributed by atoms with Gasteiger partial charge in [-0.25, -0.2) is 0 Å². The van der Waals surface area contributed by atoms with Gasteiger partial charge < -0.3 is 20.9 Å². The highest BCUT2D eigenvalue weighted by molar-refractivity contribution is 5.92. The van der Waals surface area contributed by atoms with Crippen molar-refractivity contribution in [2.75, 3.05) is 13.1 Å². The number of carbonyl (C=O) groups is 1. The van der Waals surface area contributed by atoms with Gasteiger partial charge in [-0.1, -0.05) is 0 Å². The van der Waals surface area contributed by atoms with Crippen molar-refractivity contribution in [2.24, 2.45) is 17.4 Å². The summed E-state index contributed by atoms with van der Waals surface area (Å²) in [5.41, 5.74) is 14.4. The number of H-pyrrole nitrogens is 1. The lowest BCUT2D eigenvalue weighted by molar-refractivity contribution is -0.128. The number of nitrogens with one attached hydrogen (secondary N) is 1. The van der Waals surface area contributed by atoms with Gasteiger partial charge in [0.25, 0.3) is 5.91 Å². The van der Waals surface area contributed by atoms with E-state index in [1.807, 2.05) is 17.3 Å². The van der Waals surface area contributed by atoms with Crippen LogP contribution in [0.3, 0.4) is 0 Å². The normalized spacial score (nSPS) is 16.1. The first kappa shape index (κ1) is 18.8. The molecule has 3 aromatic rings. The summed E-state index contributed by atoms with van der Waals surface area (Å²) in [7, 11) is 0. The van der Waals surface area contributed by atoms with Crippen molar-refractivity contribution >= 4 is 16.8 Å². The van der Waals surface area contributed by atoms with E-state index in [0.29, 0.717) is 19.0 Å². The number of rotatable bonds is 5. The van der Waals surface area contributed by atoms with E-state index in [1.165, 1.54) is 6.20 Å². The Balaban J connectivity index is 1.39. The Morgan fingerprint density at radius 2 is 2.14 bits per heavy atom. The molecule has 0 aliphatic carbocycles. The van der Waals surface area contributed by atoms with Gasteiger partial charge in [0.05, 0.1) is 29.3 Å². The lowest BCUT2D eigenvalue weighted by Gasteiger charge is -2.32. The summed E-state index contributed by atoms with van der Waals surface area (Å²) in [6.45, 7) is 2.35. The van der Waals surface area contributed by atoms with Crippen LogP contribution in [0.1, 0.15) is 12.8 Å². The van der Waals surface area contributed by atoms with E-state index in [-0.39, 0.29) is 11.6 Å². The minimum Gasteiger partial charge on any atom is -0.405 e. The summed E-state index contributed by atoms with van der Waals surface area (Å²) in [5, 5.41) is 7.97. The van der Waals surface area contributed by atoms with Gasteiger partial charge in [-0.15, -0.1) is 0 Å². The van der Waals surface area contributed by atoms with Crippen LogP contribution in [0.4, 0.5) is 0 Å². The molecule has 4 heterocycles. The molecule has 0 aromatic carbocycles. The van der Waals surface area contributed by atoms with Crippen LogP contribution in [-0.2, 0) is 11.3 Å². The summed E-state index contributed by atoms with van der Waals surface area (Å²) >= 11 is 0. The molecule has 5 N–H and O–H groups in total. The van der Waals surface area contributed by atoms with Crippen LogP contribution in [0, 0.1) is 5.92 Å². The fraction of sp³-hybridized carbons (Fsp3) is 0.286. The lowest BCUT2D eigenvalue weighted by Crippen LogP contribution is -2.41. The van der Waals surface area contributed by atoms with E-state index in [9.17, 15) is 4.79 Å². The topological polar surface area (TPSA) is 119 Å². The number of carbonyl (C=O) groups excluding carboxylic acids is 1. The van der Waals surface area contributed by atoms with Crippen LogP contribution in [0.5, 0.6) is 0 Å². The number of nitrogens with zero attached hydrogens (tertiary/aromatic N) is 4. The molecule has 0 saturated carbocycles. The van der Waals surface area contributed by atoms with Gasteiger partial charge in [0.1, 0.15) is 0 Å². The maximum absolute atomic E-state index is 12.4. The maximum atomic E-state index is 12.4. The highest BCUT2D eigenvalue weighted by Crippen LogP contribution is 2.25. The summed E-state index contributed by atoms with van der Waals surface area (Å²) in [4.78, 5) is 18.8. The molecular weight excluding hydrogens is 366 g/mol. The van der Waals surface area contributed by atoms with Crippen LogP contribution in [0.25, 0.3) is 22.2 Å². The molecule has 8 nitrogen and oxygen atoms in total. The number of fused-ring (bicyclic) bond motifs is 1. The number of hydrogen-bond acceptors (Lipinski definition) is 5. The first-order chi connectivity index (χ1) is 14.2. The highest BCUT2D eigenvalue weighted by atomic mass is 16.2. The number of allylic oxidation sites excluding steroid dienone is 2. The van der Waals surface area contributed by atoms with E-state index in [4.69, 9.17) is 11.5 Å². The second kappa shape index (κ2) is 8.22. The number of nitrogens with two attached hydrogens (primary N) is 2. The predicted molar refractivity (Wildman–Crippen MR) is 112 cm³/mol. The SMILES string of the molecule is N/C=C\C=C(/N)C(=O)N1CCC(Cn2ccc3cc(-c4cn[nH]c4)ncc32)CC1. The number of pyridine rings is 1. The zero-order valence-electron chi connectivity index (χ0n) is 16.2. The Kier molecular flexibility index (Phi) is 5.33. The molecule has 1 saturated heterocycles. The third-order valence-corrected chi connectivity index (χ3v) is 5.44. The van der Waals surface area contributed by atoms with E-state index < -0.39 is 0 Å². The van der Waals surface area contributed by atoms with Crippen LogP contribution in [-0.4, -0.2) is 43.6 Å². The van der Waals surface area contributed by atoms with Crippen molar-refractivity contribution in [3.63, 3.8) is 0 Å². The number of hydrogen-bond donors (Lipinski definition) is 3. The summed E-state index contributed by atoms with van der Waals surface area (Å²) < 4.78 is 2.25. The third-order valence-electron chi connectivity index (χ3n) is 5.44. The molecule has 1 amide bonds. The Hall–Kier alpha value is -3.55. The second-order valence-electron chi connectivity index (χ2n) is 7.33. The molecule has 4 rings (SSSR count). The van der Waals surface area contributed by atoms with Crippen molar-refractivity contribution in [3.8, 4) is 11.3 Å². The molecule has 3 aromatic heterocycles. The minimum absolute atomic E-state index is 0.121. The largest absolute Gasteiger partial charge is 0.405 e. The monoisotopic (exact) mass is 391 g/mol. The molecule has 1 fully saturated rings. The standard InChI is InChI=1S/C21H25N7O/c22-6-1-2-18(23)21(29)27-7-3-15(4-8-27)14-28-9-5-16-10-19(24-13-20(16)28)17-11-25-26-12-17/h1-2,5-6,9-13,15H,3-4,7-8,14,22-23H2,(H,25,26)/b6-1-,18-2-. The molecule has 150 valence electrons. The molecule has 29 heavy (non-hydrogen) atoms. The van der Waals surface area contributed by atoms with E-state index in [2.05, 4.69) is 38.1 Å². The molecule has 0 spiro atoms. The van der Waals surface area contributed by atoms with Gasteiger partial charge in [0.15, 0.2) is 0 Å². The predicted octanol–water partition coefficient (Wildman–Crippen LogP) is 1.98. The van der Waals surface area contributed by atoms with Gasteiger partial charge in [-0.2, -0.15) is 5.10 Å². The third kappa shape index (κ3) is 4.01. The molecule has 0 radical (unpaired) electrons. The van der Waals surface area contributed by atoms with Crippen LogP contribution in [0.2, 0.25) is 0 Å². The molecule has 8 heteroatoms. The van der Waals surface area contributed by atoms with E-state index in [1.54, 1.807) is 18.3 Å². The van der Waals surface area contributed by atoms with Gasteiger partial charge >= 0.3 is 0 Å². The summed E-state index contributed by atoms with van der Waals surface area (Å²) in [6, 6.07) is 4.21. The first-order valence-corrected chi connectivity index (χ1v) is 9.73. The molecular formula is C21H25N7O. The lowest BCUT2D eigenvalue weighted by atomic mass is 9.96. The van der Waals surface area contributed by atoms with Crippen molar-refractivity contribution in [3.05, 3.63) is 61.0 Å². The Labute approximate surface area is 168 Å². The fourth-order valence-corrected chi connectivity index (χ4v) is 3.81. The van der Waals surface area contributed by atoms with Gasteiger partial charge in [0.2, 0.25) is 0 Å². The zero-order valence-corrected chi connectivity index (χ0v) is 16.2. The molecule has 0 bridgehead atoms. The smallest absolute Gasteiger partial charge is 0.269 e. The summed E-state index contributed by atoms with van der Waals surface area (Å²) in [6.07, 6.45) is 14.0. The van der Waals surface area contributed by atoms with Crippen LogP contribution < -0.4 is 11.5 Å². The van der Waals surface area contributed by atoms with Gasteiger partial charge in [-0.3, -0.25) is 14.9 Å². The second-order valence-corrected chi connectivity index (χ2v) is 7.33. The van der Waals surface area contributed by atoms with Crippen molar-refractivity contribution in [1.29, 1.82) is 0 Å². The number of aromatic amines is 1. The minimum atomic E-state index is -0.121. The average Bonchev–Trinajstić information content (AvgIpc) is 3.42. The number of amides is 1. The quantitative estimate of drug-likeness (QED) is 0.454. The van der Waals surface area contributed by atoms with E-state index in [0.717, 1.165) is 41.5 Å². The number of aromatic nitrogens is 4. The Morgan fingerprint density at radius 1 is 1.31 bits per heavy atom. The zero-order chi connectivity index (χ0) is 20.2. The Morgan fingerprint density at radius 3 is 2.86 bits per heavy atom. The molecule has 0 atom stereocenters.